The molecule has 0 aromatic heterocycles. The number of carbonyl (C=O) groups is 4. The molecule has 0 heterocycles. The number of esters is 2. The Balaban J connectivity index is 2.02. The first-order valence-corrected chi connectivity index (χ1v) is 14.6. The summed E-state index contributed by atoms with van der Waals surface area (Å²) in [4.78, 5) is 49.5. The number of alkyl halides is 1. The minimum absolute atomic E-state index is 0.00762. The van der Waals surface area contributed by atoms with Gasteiger partial charge in [0.1, 0.15) is 24.0 Å². The minimum atomic E-state index is -1.09. The number of phenolic OH excluding ortho intramolecular Hbond substituents is 1. The summed E-state index contributed by atoms with van der Waals surface area (Å²) in [5, 5.41) is 15.6. The Labute approximate surface area is 255 Å². The average molecular weight is 650 g/mol. The Bertz CT molecular complexity index is 1220. The number of alkyl carbamates (subject to hydrolysis) is 1. The van der Waals surface area contributed by atoms with E-state index in [2.05, 4.69) is 26.6 Å². The minimum Gasteiger partial charge on any atom is -0.506 e. The highest BCUT2D eigenvalue weighted by molar-refractivity contribution is 9.10. The number of anilines is 1. The second-order valence-electron chi connectivity index (χ2n) is 12.1. The molecule has 42 heavy (non-hydrogen) atoms. The first-order valence-electron chi connectivity index (χ1n) is 13.6. The van der Waals surface area contributed by atoms with Crippen LogP contribution in [0.4, 0.5) is 10.5 Å². The number of halogens is 1. The third kappa shape index (κ3) is 13.4. The number of hydrogen-bond donors (Lipinski definition) is 3. The van der Waals surface area contributed by atoms with E-state index in [9.17, 15) is 24.3 Å². The van der Waals surface area contributed by atoms with Crippen molar-refractivity contribution in [2.75, 3.05) is 11.9 Å². The molecule has 3 N–H and O–H groups in total. The Morgan fingerprint density at radius 3 is 2.21 bits per heavy atom. The Morgan fingerprint density at radius 2 is 1.60 bits per heavy atom. The first kappa shape index (κ1) is 34.6. The smallest absolute Gasteiger partial charge is 0.407 e. The predicted molar refractivity (Wildman–Crippen MR) is 162 cm³/mol. The summed E-state index contributed by atoms with van der Waals surface area (Å²) in [6.45, 7) is 11.2. The first-order chi connectivity index (χ1) is 19.5. The summed E-state index contributed by atoms with van der Waals surface area (Å²) in [6.07, 6.45) is -0.580. The van der Waals surface area contributed by atoms with Crippen molar-refractivity contribution in [1.29, 1.82) is 0 Å². The second-order valence-corrected chi connectivity index (χ2v) is 13.2. The fourth-order valence-corrected chi connectivity index (χ4v) is 3.82. The van der Waals surface area contributed by atoms with Gasteiger partial charge in [-0.05, 0) is 55.9 Å². The summed E-state index contributed by atoms with van der Waals surface area (Å²) in [7, 11) is 0. The maximum atomic E-state index is 12.9. The van der Waals surface area contributed by atoms with Gasteiger partial charge in [-0.2, -0.15) is 0 Å². The van der Waals surface area contributed by atoms with E-state index in [1.54, 1.807) is 26.8 Å². The molecule has 2 aromatic rings. The fourth-order valence-electron chi connectivity index (χ4n) is 3.48. The third-order valence-electron chi connectivity index (χ3n) is 5.51. The van der Waals surface area contributed by atoms with Crippen molar-refractivity contribution in [1.82, 2.24) is 5.32 Å². The van der Waals surface area contributed by atoms with E-state index in [0.29, 0.717) is 5.56 Å². The van der Waals surface area contributed by atoms with E-state index in [-0.39, 0.29) is 49.3 Å². The number of hydrogen-bond acceptors (Lipinski definition) is 8. The van der Waals surface area contributed by atoms with E-state index < -0.39 is 40.4 Å². The van der Waals surface area contributed by atoms with E-state index in [1.165, 1.54) is 12.1 Å². The van der Waals surface area contributed by atoms with Gasteiger partial charge in [-0.25, -0.2) is 9.59 Å². The monoisotopic (exact) mass is 648 g/mol. The normalized spacial score (nSPS) is 12.9. The van der Waals surface area contributed by atoms with Crippen LogP contribution in [0.15, 0.2) is 48.5 Å². The molecule has 10 nitrogen and oxygen atoms in total. The molecular weight excluding hydrogens is 608 g/mol. The number of ether oxygens (including phenoxy) is 3. The van der Waals surface area contributed by atoms with Crippen molar-refractivity contribution in [3.8, 4) is 5.75 Å². The molecule has 230 valence electrons. The van der Waals surface area contributed by atoms with Gasteiger partial charge in [0, 0.05) is 12.8 Å². The molecule has 2 atom stereocenters. The van der Waals surface area contributed by atoms with Crippen LogP contribution in [0.2, 0.25) is 0 Å². The van der Waals surface area contributed by atoms with Crippen LogP contribution >= 0.6 is 15.9 Å². The van der Waals surface area contributed by atoms with Gasteiger partial charge in [0.25, 0.3) is 0 Å². The lowest BCUT2D eigenvalue weighted by atomic mass is 9.99. The highest BCUT2D eigenvalue weighted by Crippen LogP contribution is 2.26. The van der Waals surface area contributed by atoms with Crippen LogP contribution in [0.1, 0.15) is 65.5 Å². The lowest BCUT2D eigenvalue weighted by Gasteiger charge is -2.25. The van der Waals surface area contributed by atoms with E-state index in [1.807, 2.05) is 51.1 Å². The quantitative estimate of drug-likeness (QED) is 0.116. The zero-order chi connectivity index (χ0) is 31.5. The molecule has 0 saturated heterocycles. The standard InChI is InChI=1S/C31H41BrN2O8/c1-30(2,3)19-41-29(39)34-24(28(38)42-31(4,5)6)17-21-12-14-25(35)23(16-21)33-27(37)22(32)13-15-26(36)40-18-20-10-8-7-9-11-20/h7-12,14,16,22,24,35H,13,15,17-19H2,1-6H3,(H,33,37)(H,34,39)/t22-,24-/m0/s1. The largest absolute Gasteiger partial charge is 0.506 e. The lowest BCUT2D eigenvalue weighted by Crippen LogP contribution is -2.46. The van der Waals surface area contributed by atoms with Crippen LogP contribution in [-0.2, 0) is 41.6 Å². The molecule has 0 aliphatic rings. The van der Waals surface area contributed by atoms with Crippen molar-refractivity contribution >= 4 is 45.6 Å². The molecule has 0 aliphatic heterocycles. The second kappa shape index (κ2) is 15.6. The van der Waals surface area contributed by atoms with Gasteiger partial charge in [-0.15, -0.1) is 0 Å². The van der Waals surface area contributed by atoms with Gasteiger partial charge in [-0.1, -0.05) is 73.1 Å². The molecule has 0 saturated carbocycles. The highest BCUT2D eigenvalue weighted by Gasteiger charge is 2.28. The van der Waals surface area contributed by atoms with Crippen molar-refractivity contribution in [2.45, 2.75) is 83.9 Å². The molecule has 11 heteroatoms. The van der Waals surface area contributed by atoms with Crippen LogP contribution in [-0.4, -0.2) is 52.1 Å². The van der Waals surface area contributed by atoms with Gasteiger partial charge in [0.05, 0.1) is 17.1 Å². The van der Waals surface area contributed by atoms with E-state index in [4.69, 9.17) is 14.2 Å². The topological polar surface area (TPSA) is 140 Å². The van der Waals surface area contributed by atoms with Crippen molar-refractivity contribution in [3.05, 3.63) is 59.7 Å². The number of benzene rings is 2. The molecule has 2 aromatic carbocycles. The van der Waals surface area contributed by atoms with Crippen LogP contribution in [0.5, 0.6) is 5.75 Å². The molecule has 0 fully saturated rings. The number of phenols is 1. The molecule has 0 spiro atoms. The summed E-state index contributed by atoms with van der Waals surface area (Å²) >= 11 is 3.29. The lowest BCUT2D eigenvalue weighted by molar-refractivity contribution is -0.157. The number of amides is 2. The molecule has 2 rings (SSSR count). The summed E-state index contributed by atoms with van der Waals surface area (Å²) < 4.78 is 16.0. The number of aromatic hydroxyl groups is 1. The predicted octanol–water partition coefficient (Wildman–Crippen LogP) is 5.64. The van der Waals surface area contributed by atoms with Crippen molar-refractivity contribution in [3.63, 3.8) is 0 Å². The van der Waals surface area contributed by atoms with Gasteiger partial charge in [-0.3, -0.25) is 9.59 Å². The van der Waals surface area contributed by atoms with Gasteiger partial charge < -0.3 is 30.0 Å². The Hall–Kier alpha value is -3.60. The molecular formula is C31H41BrN2O8. The maximum Gasteiger partial charge on any atom is 0.407 e. The summed E-state index contributed by atoms with van der Waals surface area (Å²) in [5.74, 6) is -1.78. The van der Waals surface area contributed by atoms with Crippen LogP contribution in [0.25, 0.3) is 0 Å². The maximum absolute atomic E-state index is 12.9. The molecule has 0 radical (unpaired) electrons. The Morgan fingerprint density at radius 1 is 0.929 bits per heavy atom. The molecule has 0 bridgehead atoms. The molecule has 0 aliphatic carbocycles. The van der Waals surface area contributed by atoms with Gasteiger partial charge in [0.2, 0.25) is 5.91 Å². The number of nitrogens with one attached hydrogen (secondary N) is 2. The SMILES string of the molecule is CC(C)(C)COC(=O)N[C@@H](Cc1ccc(O)c(NC(=O)[C@@H](Br)CCC(=O)OCc2ccccc2)c1)C(=O)OC(C)(C)C. The van der Waals surface area contributed by atoms with Crippen molar-refractivity contribution < 1.29 is 38.5 Å². The van der Waals surface area contributed by atoms with E-state index >= 15 is 0 Å². The molecule has 0 unspecified atom stereocenters. The summed E-state index contributed by atoms with van der Waals surface area (Å²) in [6, 6.07) is 12.6. The average Bonchev–Trinajstić information content (AvgIpc) is 2.90. The number of rotatable bonds is 12. The molecule has 2 amide bonds. The van der Waals surface area contributed by atoms with Crippen molar-refractivity contribution in [2.24, 2.45) is 5.41 Å². The highest BCUT2D eigenvalue weighted by atomic mass is 79.9. The van der Waals surface area contributed by atoms with Crippen LogP contribution < -0.4 is 10.6 Å². The summed E-state index contributed by atoms with van der Waals surface area (Å²) in [5.41, 5.74) is 0.440. The number of carbonyl (C=O) groups excluding carboxylic acids is 4. The van der Waals surface area contributed by atoms with Crippen LogP contribution in [0, 0.1) is 5.41 Å². The van der Waals surface area contributed by atoms with Crippen LogP contribution in [0.3, 0.4) is 0 Å². The van der Waals surface area contributed by atoms with Gasteiger partial charge in [0.15, 0.2) is 0 Å². The Kier molecular flexibility index (Phi) is 12.8. The third-order valence-corrected chi connectivity index (χ3v) is 6.38. The fraction of sp³-hybridized carbons (Fsp3) is 0.484. The van der Waals surface area contributed by atoms with Gasteiger partial charge >= 0.3 is 18.0 Å². The van der Waals surface area contributed by atoms with E-state index in [0.717, 1.165) is 5.56 Å². The zero-order valence-electron chi connectivity index (χ0n) is 25.0. The zero-order valence-corrected chi connectivity index (χ0v) is 26.6.